The fourth-order valence-electron chi connectivity index (χ4n) is 2.28. The lowest BCUT2D eigenvalue weighted by Crippen LogP contribution is -2.45. The minimum atomic E-state index is -3.48. The number of hydrogen-bond donors (Lipinski definition) is 1. The number of nitriles is 1. The number of nitrogens with zero attached hydrogens (tertiary/aromatic N) is 2. The first kappa shape index (κ1) is 15.4. The molecule has 1 N–H and O–H groups in total. The van der Waals surface area contributed by atoms with Crippen LogP contribution in [-0.4, -0.2) is 43.6 Å². The first-order chi connectivity index (χ1) is 8.56. The molecule has 0 aliphatic carbocycles. The molecule has 1 saturated heterocycles. The third-order valence-corrected chi connectivity index (χ3v) is 5.50. The van der Waals surface area contributed by atoms with Crippen LogP contribution in [0.4, 0.5) is 0 Å². The van der Waals surface area contributed by atoms with Gasteiger partial charge in [0.1, 0.15) is 0 Å². The van der Waals surface area contributed by atoms with Crippen molar-refractivity contribution in [3.05, 3.63) is 0 Å². The molecule has 0 aromatic heterocycles. The van der Waals surface area contributed by atoms with Gasteiger partial charge in [-0.05, 0) is 32.2 Å². The van der Waals surface area contributed by atoms with Crippen LogP contribution in [0, 0.1) is 11.3 Å². The number of nitrogens with one attached hydrogen (secondary N) is 1. The topological polar surface area (TPSA) is 73.2 Å². The molecule has 1 heterocycles. The molecule has 1 fully saturated rings. The molecule has 2 unspecified atom stereocenters. The smallest absolute Gasteiger partial charge is 0.230 e. The van der Waals surface area contributed by atoms with E-state index in [-0.39, 0.29) is 6.04 Å². The van der Waals surface area contributed by atoms with E-state index in [2.05, 4.69) is 5.32 Å². The zero-order chi connectivity index (χ0) is 13.6. The van der Waals surface area contributed by atoms with Crippen LogP contribution in [0.1, 0.15) is 39.5 Å². The number of rotatable bonds is 7. The second-order valence-electron chi connectivity index (χ2n) is 4.72. The van der Waals surface area contributed by atoms with Crippen molar-refractivity contribution in [1.29, 1.82) is 5.26 Å². The molecule has 1 aliphatic rings. The van der Waals surface area contributed by atoms with Gasteiger partial charge in [-0.3, -0.25) is 0 Å². The van der Waals surface area contributed by atoms with Gasteiger partial charge in [0.05, 0.1) is 6.07 Å². The molecular formula is C12H23N3O2S. The quantitative estimate of drug-likeness (QED) is 0.753. The largest absolute Gasteiger partial charge is 0.313 e. The van der Waals surface area contributed by atoms with Crippen LogP contribution in [0.15, 0.2) is 0 Å². The van der Waals surface area contributed by atoms with Crippen LogP contribution < -0.4 is 5.32 Å². The molecule has 6 heteroatoms. The summed E-state index contributed by atoms with van der Waals surface area (Å²) in [4.78, 5) is 0. The Bertz CT molecular complexity index is 383. The van der Waals surface area contributed by atoms with Crippen molar-refractivity contribution in [2.45, 2.75) is 50.8 Å². The Morgan fingerprint density at radius 3 is 2.67 bits per heavy atom. The minimum absolute atomic E-state index is 0.238. The maximum atomic E-state index is 12.3. The standard InChI is InChI=1S/C12H23N3O2S/c1-3-8-15(10-11-6-5-7-14-11)18(16,17)12(4-2)9-13/h11-12,14H,3-8,10H2,1-2H3. The molecular weight excluding hydrogens is 250 g/mol. The van der Waals surface area contributed by atoms with E-state index in [4.69, 9.17) is 5.26 Å². The summed E-state index contributed by atoms with van der Waals surface area (Å²) in [6, 6.07) is 2.14. The van der Waals surface area contributed by atoms with E-state index in [0.717, 1.165) is 25.8 Å². The molecule has 18 heavy (non-hydrogen) atoms. The van der Waals surface area contributed by atoms with Crippen LogP contribution in [0.2, 0.25) is 0 Å². The van der Waals surface area contributed by atoms with Gasteiger partial charge in [-0.15, -0.1) is 0 Å². The summed E-state index contributed by atoms with van der Waals surface area (Å²) in [5, 5.41) is 11.4. The second kappa shape index (κ2) is 7.07. The predicted molar refractivity (Wildman–Crippen MR) is 71.5 cm³/mol. The molecule has 0 saturated carbocycles. The molecule has 1 rings (SSSR count). The van der Waals surface area contributed by atoms with Crippen molar-refractivity contribution in [3.8, 4) is 6.07 Å². The Labute approximate surface area is 110 Å². The van der Waals surface area contributed by atoms with Gasteiger partial charge in [-0.25, -0.2) is 8.42 Å². The highest BCUT2D eigenvalue weighted by Gasteiger charge is 2.32. The zero-order valence-corrected chi connectivity index (χ0v) is 12.0. The normalized spacial score (nSPS) is 22.0. The summed E-state index contributed by atoms with van der Waals surface area (Å²) in [6.45, 7) is 5.65. The van der Waals surface area contributed by atoms with Crippen molar-refractivity contribution < 1.29 is 8.42 Å². The van der Waals surface area contributed by atoms with Gasteiger partial charge >= 0.3 is 0 Å². The first-order valence-electron chi connectivity index (χ1n) is 6.68. The van der Waals surface area contributed by atoms with Crippen LogP contribution in [0.3, 0.4) is 0 Å². The van der Waals surface area contributed by atoms with E-state index in [0.29, 0.717) is 19.5 Å². The van der Waals surface area contributed by atoms with E-state index in [9.17, 15) is 8.42 Å². The van der Waals surface area contributed by atoms with E-state index in [1.54, 1.807) is 6.92 Å². The Balaban J connectivity index is 2.79. The number of hydrogen-bond acceptors (Lipinski definition) is 4. The van der Waals surface area contributed by atoms with E-state index >= 15 is 0 Å². The highest BCUT2D eigenvalue weighted by Crippen LogP contribution is 2.16. The lowest BCUT2D eigenvalue weighted by Gasteiger charge is -2.26. The molecule has 0 amide bonds. The fraction of sp³-hybridized carbons (Fsp3) is 0.917. The monoisotopic (exact) mass is 273 g/mol. The van der Waals surface area contributed by atoms with E-state index < -0.39 is 15.3 Å². The molecule has 1 aliphatic heterocycles. The summed E-state index contributed by atoms with van der Waals surface area (Å²) in [7, 11) is -3.48. The van der Waals surface area contributed by atoms with Crippen molar-refractivity contribution >= 4 is 10.0 Å². The summed E-state index contributed by atoms with van der Waals surface area (Å²) in [5.41, 5.74) is 0. The molecule has 0 bridgehead atoms. The summed E-state index contributed by atoms with van der Waals surface area (Å²) < 4.78 is 26.2. The predicted octanol–water partition coefficient (Wildman–Crippen LogP) is 1.08. The number of sulfonamides is 1. The van der Waals surface area contributed by atoms with Crippen LogP contribution >= 0.6 is 0 Å². The van der Waals surface area contributed by atoms with Gasteiger partial charge in [0.2, 0.25) is 10.0 Å². The third kappa shape index (κ3) is 3.67. The summed E-state index contributed by atoms with van der Waals surface area (Å²) in [5.74, 6) is 0. The Morgan fingerprint density at radius 2 is 2.22 bits per heavy atom. The molecule has 5 nitrogen and oxygen atoms in total. The van der Waals surface area contributed by atoms with Gasteiger partial charge in [-0.1, -0.05) is 13.8 Å². The molecule has 0 aromatic carbocycles. The second-order valence-corrected chi connectivity index (χ2v) is 6.84. The average Bonchev–Trinajstić information content (AvgIpc) is 2.82. The van der Waals surface area contributed by atoms with Crippen molar-refractivity contribution in [1.82, 2.24) is 9.62 Å². The average molecular weight is 273 g/mol. The van der Waals surface area contributed by atoms with Crippen molar-refractivity contribution in [2.24, 2.45) is 0 Å². The molecule has 0 spiro atoms. The maximum absolute atomic E-state index is 12.3. The van der Waals surface area contributed by atoms with Gasteiger partial charge in [0, 0.05) is 19.1 Å². The molecule has 104 valence electrons. The fourth-order valence-corrected chi connectivity index (χ4v) is 4.02. The van der Waals surface area contributed by atoms with Crippen LogP contribution in [0.5, 0.6) is 0 Å². The Morgan fingerprint density at radius 1 is 1.50 bits per heavy atom. The van der Waals surface area contributed by atoms with Gasteiger partial charge in [0.25, 0.3) is 0 Å². The SMILES string of the molecule is CCCN(CC1CCCN1)S(=O)(=O)C(C#N)CC. The molecule has 2 atom stereocenters. The maximum Gasteiger partial charge on any atom is 0.230 e. The molecule has 0 radical (unpaired) electrons. The van der Waals surface area contributed by atoms with Gasteiger partial charge in [-0.2, -0.15) is 9.57 Å². The highest BCUT2D eigenvalue weighted by molar-refractivity contribution is 7.90. The van der Waals surface area contributed by atoms with Gasteiger partial charge < -0.3 is 5.32 Å². The van der Waals surface area contributed by atoms with E-state index in [1.165, 1.54) is 4.31 Å². The summed E-state index contributed by atoms with van der Waals surface area (Å²) in [6.07, 6.45) is 3.23. The highest BCUT2D eigenvalue weighted by atomic mass is 32.2. The lowest BCUT2D eigenvalue weighted by molar-refractivity contribution is 0.366. The first-order valence-corrected chi connectivity index (χ1v) is 8.18. The van der Waals surface area contributed by atoms with Crippen molar-refractivity contribution in [2.75, 3.05) is 19.6 Å². The van der Waals surface area contributed by atoms with Crippen LogP contribution in [-0.2, 0) is 10.0 Å². The van der Waals surface area contributed by atoms with Crippen LogP contribution in [0.25, 0.3) is 0 Å². The summed E-state index contributed by atoms with van der Waals surface area (Å²) >= 11 is 0. The lowest BCUT2D eigenvalue weighted by atomic mass is 10.2. The minimum Gasteiger partial charge on any atom is -0.313 e. The van der Waals surface area contributed by atoms with Gasteiger partial charge in [0.15, 0.2) is 5.25 Å². The van der Waals surface area contributed by atoms with Crippen molar-refractivity contribution in [3.63, 3.8) is 0 Å². The van der Waals surface area contributed by atoms with E-state index in [1.807, 2.05) is 13.0 Å². The third-order valence-electron chi connectivity index (χ3n) is 3.29. The Hall–Kier alpha value is -0.640. The Kier molecular flexibility index (Phi) is 6.06. The zero-order valence-electron chi connectivity index (χ0n) is 11.2. The molecule has 0 aromatic rings.